The van der Waals surface area contributed by atoms with Gasteiger partial charge in [-0.15, -0.1) is 0 Å². The summed E-state index contributed by atoms with van der Waals surface area (Å²) in [7, 11) is 0. The molecule has 5 rings (SSSR count). The van der Waals surface area contributed by atoms with Gasteiger partial charge < -0.3 is 15.6 Å². The van der Waals surface area contributed by atoms with Gasteiger partial charge in [0.25, 0.3) is 11.5 Å². The van der Waals surface area contributed by atoms with E-state index in [4.69, 9.17) is 0 Å². The average Bonchev–Trinajstić information content (AvgIpc) is 3.40. The van der Waals surface area contributed by atoms with Crippen LogP contribution in [-0.4, -0.2) is 48.3 Å². The summed E-state index contributed by atoms with van der Waals surface area (Å²) in [5, 5.41) is 13.9. The molecule has 2 saturated carbocycles. The predicted octanol–water partition coefficient (Wildman–Crippen LogP) is 2.71. The molecular formula is C24H27F2N7O3. The number of nitrogens with zero attached hydrogens (tertiary/aromatic N) is 4. The number of carbonyl (C=O) groups is 2. The summed E-state index contributed by atoms with van der Waals surface area (Å²) in [6, 6.07) is 4.14. The van der Waals surface area contributed by atoms with Crippen LogP contribution in [0.25, 0.3) is 0 Å². The summed E-state index contributed by atoms with van der Waals surface area (Å²) in [4.78, 5) is 40.9. The van der Waals surface area contributed by atoms with E-state index < -0.39 is 29.7 Å². The Hall–Kier alpha value is -3.83. The number of anilines is 1. The summed E-state index contributed by atoms with van der Waals surface area (Å²) in [5.74, 6) is -4.17. The maximum atomic E-state index is 13.8. The van der Waals surface area contributed by atoms with Crippen molar-refractivity contribution in [3.63, 3.8) is 0 Å². The fraction of sp³-hybridized carbons (Fsp3) is 0.458. The van der Waals surface area contributed by atoms with E-state index in [1.165, 1.54) is 23.3 Å². The first-order valence-electron chi connectivity index (χ1n) is 12.0. The van der Waals surface area contributed by atoms with Crippen LogP contribution in [0.3, 0.4) is 0 Å². The van der Waals surface area contributed by atoms with Crippen LogP contribution in [0.5, 0.6) is 0 Å². The van der Waals surface area contributed by atoms with Crippen LogP contribution in [0.2, 0.25) is 0 Å². The van der Waals surface area contributed by atoms with Gasteiger partial charge in [0.05, 0.1) is 24.5 Å². The van der Waals surface area contributed by atoms with Gasteiger partial charge in [-0.1, -0.05) is 6.07 Å². The van der Waals surface area contributed by atoms with E-state index in [-0.39, 0.29) is 43.8 Å². The molecule has 2 fully saturated rings. The molecule has 0 radical (unpaired) electrons. The largest absolute Gasteiger partial charge is 0.339 e. The van der Waals surface area contributed by atoms with Gasteiger partial charge in [0.2, 0.25) is 11.8 Å². The number of pyridine rings is 1. The Kier molecular flexibility index (Phi) is 6.42. The summed E-state index contributed by atoms with van der Waals surface area (Å²) >= 11 is 0. The lowest BCUT2D eigenvalue weighted by atomic mass is 9.81. The van der Waals surface area contributed by atoms with E-state index in [1.807, 2.05) is 0 Å². The highest BCUT2D eigenvalue weighted by atomic mass is 19.3. The molecule has 12 heteroatoms. The van der Waals surface area contributed by atoms with Gasteiger partial charge in [-0.25, -0.2) is 8.78 Å². The number of H-pyrrole nitrogens is 1. The van der Waals surface area contributed by atoms with Gasteiger partial charge in [0.1, 0.15) is 11.7 Å². The van der Waals surface area contributed by atoms with Crippen LogP contribution in [0, 0.1) is 5.92 Å². The maximum Gasteiger partial charge on any atom is 0.270 e. The highest BCUT2D eigenvalue weighted by Gasteiger charge is 2.41. The lowest BCUT2D eigenvalue weighted by Gasteiger charge is -2.33. The second-order valence-electron chi connectivity index (χ2n) is 9.48. The van der Waals surface area contributed by atoms with E-state index >= 15 is 0 Å². The molecule has 3 aromatic rings. The average molecular weight is 500 g/mol. The van der Waals surface area contributed by atoms with Crippen LogP contribution in [0.1, 0.15) is 60.6 Å². The van der Waals surface area contributed by atoms with Crippen LogP contribution < -0.4 is 16.2 Å². The third-order valence-electron chi connectivity index (χ3n) is 6.73. The quantitative estimate of drug-likeness (QED) is 0.439. The van der Waals surface area contributed by atoms with Gasteiger partial charge in [-0.2, -0.15) is 10.2 Å². The van der Waals surface area contributed by atoms with Crippen molar-refractivity contribution in [2.75, 3.05) is 5.32 Å². The molecule has 0 aliphatic heterocycles. The number of hydrogen-bond acceptors (Lipinski definition) is 5. The fourth-order valence-electron chi connectivity index (χ4n) is 4.60. The number of alkyl halides is 2. The number of halogens is 2. The van der Waals surface area contributed by atoms with Crippen molar-refractivity contribution in [3.8, 4) is 0 Å². The van der Waals surface area contributed by atoms with Crippen LogP contribution in [0.4, 0.5) is 14.5 Å². The molecule has 0 aromatic carbocycles. The third kappa shape index (κ3) is 5.37. The van der Waals surface area contributed by atoms with E-state index in [1.54, 1.807) is 29.1 Å². The Bertz CT molecular complexity index is 1300. The molecule has 0 spiro atoms. The molecule has 36 heavy (non-hydrogen) atoms. The van der Waals surface area contributed by atoms with Gasteiger partial charge >= 0.3 is 0 Å². The maximum absolute atomic E-state index is 13.8. The molecule has 1 atom stereocenters. The molecule has 3 aromatic heterocycles. The number of hydrogen-bond donors (Lipinski definition) is 3. The van der Waals surface area contributed by atoms with Gasteiger partial charge in [-0.05, 0) is 43.7 Å². The minimum Gasteiger partial charge on any atom is -0.339 e. The Labute approximate surface area is 205 Å². The number of aromatic nitrogens is 5. The summed E-state index contributed by atoms with van der Waals surface area (Å²) in [6.45, 7) is 0.203. The van der Waals surface area contributed by atoms with E-state index in [0.717, 1.165) is 12.8 Å². The fourth-order valence-corrected chi connectivity index (χ4v) is 4.60. The number of rotatable bonds is 8. The first-order valence-corrected chi connectivity index (χ1v) is 12.0. The molecule has 0 unspecified atom stereocenters. The zero-order valence-corrected chi connectivity index (χ0v) is 19.5. The molecule has 2 aliphatic rings. The second kappa shape index (κ2) is 9.67. The van der Waals surface area contributed by atoms with Crippen molar-refractivity contribution in [2.24, 2.45) is 5.92 Å². The zero-order chi connectivity index (χ0) is 25.3. The Balaban J connectivity index is 1.31. The molecule has 3 N–H and O–H groups in total. The van der Waals surface area contributed by atoms with Gasteiger partial charge in [-0.3, -0.25) is 23.7 Å². The Morgan fingerprint density at radius 2 is 1.94 bits per heavy atom. The van der Waals surface area contributed by atoms with E-state index in [9.17, 15) is 23.2 Å². The Morgan fingerprint density at radius 1 is 1.17 bits per heavy atom. The molecule has 0 bridgehead atoms. The minimum absolute atomic E-state index is 0.114. The number of nitrogens with one attached hydrogen (secondary N) is 3. The van der Waals surface area contributed by atoms with Crippen LogP contribution >= 0.6 is 0 Å². The third-order valence-corrected chi connectivity index (χ3v) is 6.73. The van der Waals surface area contributed by atoms with Gasteiger partial charge in [0, 0.05) is 37.0 Å². The highest BCUT2D eigenvalue weighted by molar-refractivity contribution is 6.00. The molecular weight excluding hydrogens is 472 g/mol. The summed E-state index contributed by atoms with van der Waals surface area (Å²) < 4.78 is 30.7. The number of carbonyl (C=O) groups excluding carboxylic acids is 2. The Morgan fingerprint density at radius 3 is 2.67 bits per heavy atom. The van der Waals surface area contributed by atoms with Crippen molar-refractivity contribution in [2.45, 2.75) is 63.1 Å². The second-order valence-corrected chi connectivity index (χ2v) is 9.48. The first kappa shape index (κ1) is 23.9. The van der Waals surface area contributed by atoms with Crippen molar-refractivity contribution in [3.05, 3.63) is 64.6 Å². The van der Waals surface area contributed by atoms with Crippen molar-refractivity contribution in [1.82, 2.24) is 29.9 Å². The molecule has 0 saturated heterocycles. The van der Waals surface area contributed by atoms with Gasteiger partial charge in [0.15, 0.2) is 0 Å². The smallest absolute Gasteiger partial charge is 0.270 e. The molecule has 190 valence electrons. The summed E-state index contributed by atoms with van der Waals surface area (Å²) in [6.07, 6.45) is 7.51. The lowest BCUT2D eigenvalue weighted by Crippen LogP contribution is -2.50. The molecule has 10 nitrogen and oxygen atoms in total. The topological polar surface area (TPSA) is 127 Å². The van der Waals surface area contributed by atoms with Crippen molar-refractivity contribution in [1.29, 1.82) is 0 Å². The number of amides is 2. The van der Waals surface area contributed by atoms with E-state index in [2.05, 4.69) is 25.8 Å². The predicted molar refractivity (Wildman–Crippen MR) is 126 cm³/mol. The van der Waals surface area contributed by atoms with Crippen molar-refractivity contribution < 1.29 is 18.4 Å². The number of aromatic amines is 1. The SMILES string of the molecule is O=C(N[C@H](C(=O)Nc1cnn(Cc2ccc[nH]c2=O)c1)C1CCC(F)(F)CC1)c1ccnn1C1CC1. The van der Waals surface area contributed by atoms with Crippen molar-refractivity contribution >= 4 is 17.5 Å². The highest BCUT2D eigenvalue weighted by Crippen LogP contribution is 2.38. The summed E-state index contributed by atoms with van der Waals surface area (Å²) in [5.41, 5.74) is 0.980. The standard InChI is InChI=1S/C24H27F2N7O3/c25-24(26)8-5-15(6-9-24)20(31-22(35)19-7-11-28-33(19)18-3-4-18)23(36)30-17-12-29-32(14-17)13-16-2-1-10-27-21(16)34/h1-2,7,10-12,14-15,18,20H,3-6,8-9,13H2,(H,27,34)(H,30,36)(H,31,35)/t20-/m0/s1. The molecule has 2 amide bonds. The lowest BCUT2D eigenvalue weighted by molar-refractivity contribution is -0.121. The molecule has 2 aliphatic carbocycles. The minimum atomic E-state index is -2.76. The zero-order valence-electron chi connectivity index (χ0n) is 19.5. The van der Waals surface area contributed by atoms with Crippen LogP contribution in [-0.2, 0) is 11.3 Å². The molecule has 3 heterocycles. The first-order chi connectivity index (χ1) is 17.3. The monoisotopic (exact) mass is 499 g/mol. The normalized spacial score (nSPS) is 18.5. The van der Waals surface area contributed by atoms with E-state index in [0.29, 0.717) is 16.9 Å². The van der Waals surface area contributed by atoms with Crippen LogP contribution in [0.15, 0.2) is 47.8 Å².